The highest BCUT2D eigenvalue weighted by atomic mass is 79.9. The van der Waals surface area contributed by atoms with Gasteiger partial charge in [0.05, 0.1) is 6.54 Å². The van der Waals surface area contributed by atoms with Gasteiger partial charge >= 0.3 is 0 Å². The molecule has 3 aromatic carbocycles. The average Bonchev–Trinajstić information content (AvgIpc) is 3.20. The molecule has 0 saturated heterocycles. The maximum Gasteiger partial charge on any atom is 0.253 e. The summed E-state index contributed by atoms with van der Waals surface area (Å²) in [6, 6.07) is 27.5. The van der Waals surface area contributed by atoms with Crippen LogP contribution in [0.2, 0.25) is 5.02 Å². The summed E-state index contributed by atoms with van der Waals surface area (Å²) in [4.78, 5) is 13.0. The Hall–Kier alpha value is -3.15. The van der Waals surface area contributed by atoms with Crippen molar-refractivity contribution in [1.82, 2.24) is 4.57 Å². The van der Waals surface area contributed by atoms with Crippen LogP contribution in [0.25, 0.3) is 6.08 Å². The van der Waals surface area contributed by atoms with E-state index in [-0.39, 0.29) is 22.9 Å². The Morgan fingerprint density at radius 2 is 1.63 bits per heavy atom. The van der Waals surface area contributed by atoms with Crippen LogP contribution in [0.5, 0.6) is 0 Å². The van der Waals surface area contributed by atoms with Crippen molar-refractivity contribution in [2.45, 2.75) is 31.8 Å². The molecule has 4 aromatic rings. The normalized spacial score (nSPS) is 11.4. The van der Waals surface area contributed by atoms with Crippen LogP contribution in [0.3, 0.4) is 0 Å². The highest BCUT2D eigenvalue weighted by molar-refractivity contribution is 6.30. The van der Waals surface area contributed by atoms with E-state index in [0.29, 0.717) is 13.0 Å². The van der Waals surface area contributed by atoms with Crippen LogP contribution in [0, 0.1) is 6.92 Å². The second-order valence-electron chi connectivity index (χ2n) is 8.40. The van der Waals surface area contributed by atoms with E-state index in [1.807, 2.05) is 84.9 Å². The molecule has 2 N–H and O–H groups in total. The van der Waals surface area contributed by atoms with Crippen molar-refractivity contribution < 1.29 is 26.3 Å². The number of nitrogens with two attached hydrogens (primary N) is 1. The van der Waals surface area contributed by atoms with E-state index in [4.69, 9.17) is 17.3 Å². The lowest BCUT2D eigenvalue weighted by molar-refractivity contribution is -0.692. The molecule has 1 amide bonds. The Bertz CT molecular complexity index is 1250. The standard InChI is InChI=1S/C29H28ClN3O.BrH/c1-23-32(18-9-11-24-10-8-16-27(30)22-24)20-21-33(23)19-17-29(28(31)34,25-12-4-2-5-13-25)26-14-6-3-7-15-26;/h2-16,20-22H,17-19H2,1H3,(H-,31,34);1H/b11-9+;. The summed E-state index contributed by atoms with van der Waals surface area (Å²) >= 11 is 6.08. The molecule has 1 heterocycles. The molecule has 180 valence electrons. The van der Waals surface area contributed by atoms with Crippen LogP contribution in [0.1, 0.15) is 28.9 Å². The first-order valence-electron chi connectivity index (χ1n) is 11.4. The molecule has 0 saturated carbocycles. The summed E-state index contributed by atoms with van der Waals surface area (Å²) in [6.45, 7) is 3.48. The number of primary amides is 1. The number of aryl methyl sites for hydroxylation is 1. The fraction of sp³-hybridized carbons (Fsp3) is 0.172. The second-order valence-corrected chi connectivity index (χ2v) is 8.84. The monoisotopic (exact) mass is 549 g/mol. The zero-order valence-electron chi connectivity index (χ0n) is 19.6. The summed E-state index contributed by atoms with van der Waals surface area (Å²) in [7, 11) is 0. The van der Waals surface area contributed by atoms with Gasteiger partial charge in [-0.3, -0.25) is 4.79 Å². The molecule has 0 aliphatic heterocycles. The van der Waals surface area contributed by atoms with Gasteiger partial charge in [-0.05, 0) is 34.9 Å². The molecule has 1 aromatic heterocycles. The van der Waals surface area contributed by atoms with Crippen LogP contribution in [-0.4, -0.2) is 10.5 Å². The van der Waals surface area contributed by atoms with Gasteiger partial charge in [-0.2, -0.15) is 0 Å². The largest absolute Gasteiger partial charge is 1.00 e. The van der Waals surface area contributed by atoms with E-state index in [1.165, 1.54) is 0 Å². The van der Waals surface area contributed by atoms with E-state index in [1.54, 1.807) is 0 Å². The number of allylic oxidation sites excluding steroid dienone is 1. The van der Waals surface area contributed by atoms with Gasteiger partial charge in [0.2, 0.25) is 5.91 Å². The van der Waals surface area contributed by atoms with Gasteiger partial charge in [0.1, 0.15) is 24.4 Å². The van der Waals surface area contributed by atoms with Crippen molar-refractivity contribution in [3.63, 3.8) is 0 Å². The number of amides is 1. The van der Waals surface area contributed by atoms with Crippen LogP contribution in [0.4, 0.5) is 0 Å². The zero-order chi connectivity index (χ0) is 24.0. The molecule has 4 nitrogen and oxygen atoms in total. The van der Waals surface area contributed by atoms with Crippen LogP contribution >= 0.6 is 11.6 Å². The van der Waals surface area contributed by atoms with E-state index in [9.17, 15) is 4.79 Å². The molecule has 0 spiro atoms. The molecule has 4 rings (SSSR count). The Kier molecular flexibility index (Phi) is 9.07. The maximum absolute atomic E-state index is 13.0. The molecule has 0 unspecified atom stereocenters. The van der Waals surface area contributed by atoms with Gasteiger partial charge in [0, 0.05) is 18.4 Å². The maximum atomic E-state index is 13.0. The van der Waals surface area contributed by atoms with E-state index >= 15 is 0 Å². The number of hydrogen-bond donors (Lipinski definition) is 1. The summed E-state index contributed by atoms with van der Waals surface area (Å²) in [5.41, 5.74) is 8.09. The van der Waals surface area contributed by atoms with Gasteiger partial charge < -0.3 is 22.7 Å². The van der Waals surface area contributed by atoms with E-state index < -0.39 is 5.41 Å². The van der Waals surface area contributed by atoms with E-state index in [2.05, 4.69) is 40.6 Å². The summed E-state index contributed by atoms with van der Waals surface area (Å²) in [5, 5.41) is 0.729. The predicted octanol–water partition coefficient (Wildman–Crippen LogP) is 2.32. The smallest absolute Gasteiger partial charge is 0.253 e. The topological polar surface area (TPSA) is 51.9 Å². The first kappa shape index (κ1) is 26.5. The third-order valence-electron chi connectivity index (χ3n) is 6.40. The molecule has 35 heavy (non-hydrogen) atoms. The minimum absolute atomic E-state index is 0. The molecule has 0 aliphatic carbocycles. The van der Waals surface area contributed by atoms with Crippen LogP contribution in [-0.2, 0) is 23.3 Å². The number of benzene rings is 3. The quantitative estimate of drug-likeness (QED) is 0.320. The molecule has 6 heteroatoms. The average molecular weight is 551 g/mol. The fourth-order valence-electron chi connectivity index (χ4n) is 4.48. The summed E-state index contributed by atoms with van der Waals surface area (Å²) < 4.78 is 4.36. The Morgan fingerprint density at radius 1 is 1.00 bits per heavy atom. The number of carbonyl (C=O) groups is 1. The SMILES string of the molecule is Cc1n(CCC(C(N)=O)(c2ccccc2)c2ccccc2)cc[n+]1C/C=C/c1cccc(Cl)c1.[Br-]. The number of nitrogens with zero attached hydrogens (tertiary/aromatic N) is 2. The number of imidazole rings is 1. The van der Waals surface area contributed by atoms with Crippen LogP contribution in [0.15, 0.2) is 103 Å². The number of rotatable bonds is 9. The number of carbonyl (C=O) groups excluding carboxylic acids is 1. The summed E-state index contributed by atoms with van der Waals surface area (Å²) in [5.74, 6) is 0.766. The third-order valence-corrected chi connectivity index (χ3v) is 6.64. The number of aromatic nitrogens is 2. The van der Waals surface area contributed by atoms with Crippen molar-refractivity contribution in [2.24, 2.45) is 5.73 Å². The number of halogens is 2. The molecule has 0 bridgehead atoms. The Morgan fingerprint density at radius 3 is 2.20 bits per heavy atom. The minimum atomic E-state index is -0.906. The molecule has 0 radical (unpaired) electrons. The van der Waals surface area contributed by atoms with E-state index in [0.717, 1.165) is 34.1 Å². The fourth-order valence-corrected chi connectivity index (χ4v) is 4.68. The Balaban J connectivity index is 0.00000342. The second kappa shape index (κ2) is 12.0. The van der Waals surface area contributed by atoms with Crippen molar-refractivity contribution in [2.75, 3.05) is 0 Å². The molecule has 0 atom stereocenters. The van der Waals surface area contributed by atoms with Gasteiger partial charge in [0.15, 0.2) is 0 Å². The van der Waals surface area contributed by atoms with Crippen molar-refractivity contribution in [3.8, 4) is 0 Å². The molecular weight excluding hydrogens is 522 g/mol. The lowest BCUT2D eigenvalue weighted by Crippen LogP contribution is -3.00. The van der Waals surface area contributed by atoms with Crippen molar-refractivity contribution in [1.29, 1.82) is 0 Å². The molecular formula is C29H29BrClN3O. The Labute approximate surface area is 222 Å². The lowest BCUT2D eigenvalue weighted by atomic mass is 9.71. The highest BCUT2D eigenvalue weighted by Crippen LogP contribution is 2.36. The van der Waals surface area contributed by atoms with Crippen molar-refractivity contribution >= 4 is 23.6 Å². The molecule has 0 fully saturated rings. The third kappa shape index (κ3) is 5.92. The first-order valence-corrected chi connectivity index (χ1v) is 11.8. The van der Waals surface area contributed by atoms with Crippen molar-refractivity contribution in [3.05, 3.63) is 131 Å². The first-order chi connectivity index (χ1) is 16.5. The zero-order valence-corrected chi connectivity index (χ0v) is 22.0. The highest BCUT2D eigenvalue weighted by Gasteiger charge is 2.40. The van der Waals surface area contributed by atoms with Crippen LogP contribution < -0.4 is 27.3 Å². The van der Waals surface area contributed by atoms with Gasteiger partial charge in [0.25, 0.3) is 5.82 Å². The van der Waals surface area contributed by atoms with Gasteiger partial charge in [-0.15, -0.1) is 0 Å². The number of hydrogen-bond acceptors (Lipinski definition) is 1. The summed E-state index contributed by atoms with van der Waals surface area (Å²) in [6.07, 6.45) is 8.87. The van der Waals surface area contributed by atoms with Gasteiger partial charge in [-0.25, -0.2) is 9.13 Å². The lowest BCUT2D eigenvalue weighted by Gasteiger charge is -2.31. The molecule has 0 aliphatic rings. The minimum Gasteiger partial charge on any atom is -1.00 e. The van der Waals surface area contributed by atoms with Gasteiger partial charge in [-0.1, -0.05) is 90.5 Å². The predicted molar refractivity (Wildman–Crippen MR) is 137 cm³/mol.